The summed E-state index contributed by atoms with van der Waals surface area (Å²) < 4.78 is 0. The summed E-state index contributed by atoms with van der Waals surface area (Å²) in [4.78, 5) is 25.7. The molecule has 3 aliphatic rings. The van der Waals surface area contributed by atoms with Crippen LogP contribution in [0.25, 0.3) is 0 Å². The minimum Gasteiger partial charge on any atom is -0.282 e. The van der Waals surface area contributed by atoms with Gasteiger partial charge in [-0.2, -0.15) is 5.26 Å². The van der Waals surface area contributed by atoms with Gasteiger partial charge in [0.1, 0.15) is 0 Å². The van der Waals surface area contributed by atoms with Crippen molar-refractivity contribution < 1.29 is 9.59 Å². The molecule has 0 radical (unpaired) electrons. The van der Waals surface area contributed by atoms with Gasteiger partial charge in [0, 0.05) is 13.0 Å². The summed E-state index contributed by atoms with van der Waals surface area (Å²) in [5.74, 6) is 0.355. The SMILES string of the molecule is N#CCCCN1C(=O)C2C3C=CC(C3)C2C1=O. The molecule has 3 rings (SSSR count). The van der Waals surface area contributed by atoms with Gasteiger partial charge in [-0.05, 0) is 24.7 Å². The standard InChI is InChI=1S/C13H14N2O2/c14-5-1-2-6-15-12(16)10-8-3-4-9(7-8)11(10)13(15)17/h3-4,8-11H,1-2,6-7H2. The number of amides is 2. The summed E-state index contributed by atoms with van der Waals surface area (Å²) in [7, 11) is 0. The highest BCUT2D eigenvalue weighted by molar-refractivity contribution is 6.06. The molecular weight excluding hydrogens is 216 g/mol. The van der Waals surface area contributed by atoms with E-state index in [1.165, 1.54) is 4.90 Å². The van der Waals surface area contributed by atoms with E-state index in [1.807, 2.05) is 6.07 Å². The first kappa shape index (κ1) is 10.5. The number of fused-ring (bicyclic) bond motifs is 5. The van der Waals surface area contributed by atoms with Crippen LogP contribution in [-0.2, 0) is 9.59 Å². The van der Waals surface area contributed by atoms with Crippen LogP contribution in [0.1, 0.15) is 19.3 Å². The van der Waals surface area contributed by atoms with Crippen molar-refractivity contribution in [3.05, 3.63) is 12.2 Å². The van der Waals surface area contributed by atoms with Crippen molar-refractivity contribution in [2.75, 3.05) is 6.54 Å². The summed E-state index contributed by atoms with van der Waals surface area (Å²) in [5.41, 5.74) is 0. The topological polar surface area (TPSA) is 61.2 Å². The molecule has 0 aromatic heterocycles. The Bertz CT molecular complexity index is 419. The molecule has 88 valence electrons. The fourth-order valence-electron chi connectivity index (χ4n) is 3.50. The first-order valence-electron chi connectivity index (χ1n) is 6.14. The second-order valence-corrected chi connectivity index (χ2v) is 5.09. The Kier molecular flexibility index (Phi) is 2.29. The van der Waals surface area contributed by atoms with Crippen LogP contribution in [0.2, 0.25) is 0 Å². The second kappa shape index (κ2) is 3.69. The van der Waals surface area contributed by atoms with E-state index in [1.54, 1.807) is 0 Å². The Morgan fingerprint density at radius 3 is 2.35 bits per heavy atom. The molecule has 2 bridgehead atoms. The number of nitriles is 1. The number of hydrogen-bond acceptors (Lipinski definition) is 3. The molecule has 17 heavy (non-hydrogen) atoms. The third kappa shape index (κ3) is 1.35. The van der Waals surface area contributed by atoms with Crippen LogP contribution < -0.4 is 0 Å². The van der Waals surface area contributed by atoms with E-state index in [2.05, 4.69) is 12.2 Å². The molecule has 0 aromatic rings. The van der Waals surface area contributed by atoms with E-state index < -0.39 is 0 Å². The number of carbonyl (C=O) groups excluding carboxylic acids is 2. The smallest absolute Gasteiger partial charge is 0.233 e. The highest BCUT2D eigenvalue weighted by atomic mass is 16.2. The molecule has 2 fully saturated rings. The van der Waals surface area contributed by atoms with E-state index in [0.717, 1.165) is 6.42 Å². The van der Waals surface area contributed by atoms with Crippen LogP contribution >= 0.6 is 0 Å². The Morgan fingerprint density at radius 1 is 1.24 bits per heavy atom. The minimum absolute atomic E-state index is 0.00482. The van der Waals surface area contributed by atoms with Gasteiger partial charge in [-0.3, -0.25) is 14.5 Å². The predicted octanol–water partition coefficient (Wildman–Crippen LogP) is 1.10. The van der Waals surface area contributed by atoms with Gasteiger partial charge in [-0.1, -0.05) is 12.2 Å². The third-order valence-electron chi connectivity index (χ3n) is 4.23. The fraction of sp³-hybridized carbons (Fsp3) is 0.615. The summed E-state index contributed by atoms with van der Waals surface area (Å²) in [6, 6.07) is 2.04. The lowest BCUT2D eigenvalue weighted by Gasteiger charge is -2.16. The van der Waals surface area contributed by atoms with Crippen molar-refractivity contribution in [3.8, 4) is 6.07 Å². The number of likely N-dealkylation sites (tertiary alicyclic amines) is 1. The largest absolute Gasteiger partial charge is 0.282 e. The van der Waals surface area contributed by atoms with Gasteiger partial charge in [-0.25, -0.2) is 0 Å². The van der Waals surface area contributed by atoms with Gasteiger partial charge in [0.05, 0.1) is 17.9 Å². The van der Waals surface area contributed by atoms with Crippen molar-refractivity contribution >= 4 is 11.8 Å². The predicted molar refractivity (Wildman–Crippen MR) is 59.3 cm³/mol. The van der Waals surface area contributed by atoms with Crippen molar-refractivity contribution in [1.82, 2.24) is 4.90 Å². The molecule has 0 aromatic carbocycles. The maximum atomic E-state index is 12.2. The average Bonchev–Trinajstić information content (AvgIpc) is 2.97. The quantitative estimate of drug-likeness (QED) is 0.414. The monoisotopic (exact) mass is 230 g/mol. The molecule has 4 atom stereocenters. The normalized spacial score (nSPS) is 37.7. The van der Waals surface area contributed by atoms with Crippen molar-refractivity contribution in [3.63, 3.8) is 0 Å². The average molecular weight is 230 g/mol. The van der Waals surface area contributed by atoms with E-state index >= 15 is 0 Å². The summed E-state index contributed by atoms with van der Waals surface area (Å²) in [6.07, 6.45) is 6.15. The van der Waals surface area contributed by atoms with Gasteiger partial charge in [0.25, 0.3) is 0 Å². The Hall–Kier alpha value is -1.63. The van der Waals surface area contributed by atoms with Crippen molar-refractivity contribution in [2.24, 2.45) is 23.7 Å². The number of imide groups is 1. The first-order valence-corrected chi connectivity index (χ1v) is 6.14. The number of carbonyl (C=O) groups is 2. The molecule has 1 saturated heterocycles. The number of rotatable bonds is 3. The summed E-state index contributed by atoms with van der Waals surface area (Å²) in [6.45, 7) is 0.414. The maximum absolute atomic E-state index is 12.2. The number of allylic oxidation sites excluding steroid dienone is 2. The molecule has 1 heterocycles. The van der Waals surface area contributed by atoms with Gasteiger partial charge in [0.15, 0.2) is 0 Å². The van der Waals surface area contributed by atoms with E-state index in [4.69, 9.17) is 5.26 Å². The molecular formula is C13H14N2O2. The zero-order chi connectivity index (χ0) is 12.0. The maximum Gasteiger partial charge on any atom is 0.233 e. The molecule has 0 N–H and O–H groups in total. The second-order valence-electron chi connectivity index (χ2n) is 5.09. The molecule has 1 saturated carbocycles. The van der Waals surface area contributed by atoms with E-state index in [0.29, 0.717) is 19.4 Å². The van der Waals surface area contributed by atoms with Crippen LogP contribution in [-0.4, -0.2) is 23.3 Å². The van der Waals surface area contributed by atoms with E-state index in [-0.39, 0.29) is 35.5 Å². The van der Waals surface area contributed by atoms with Crippen LogP contribution in [0.15, 0.2) is 12.2 Å². The number of nitrogens with zero attached hydrogens (tertiary/aromatic N) is 2. The molecule has 0 spiro atoms. The van der Waals surface area contributed by atoms with Crippen LogP contribution in [0.5, 0.6) is 0 Å². The van der Waals surface area contributed by atoms with Crippen LogP contribution in [0.3, 0.4) is 0 Å². The van der Waals surface area contributed by atoms with Crippen molar-refractivity contribution in [2.45, 2.75) is 19.3 Å². The Balaban J connectivity index is 1.76. The lowest BCUT2D eigenvalue weighted by atomic mass is 9.85. The molecule has 2 amide bonds. The zero-order valence-electron chi connectivity index (χ0n) is 9.50. The lowest BCUT2D eigenvalue weighted by Crippen LogP contribution is -2.33. The highest BCUT2D eigenvalue weighted by Gasteiger charge is 2.58. The van der Waals surface area contributed by atoms with Gasteiger partial charge >= 0.3 is 0 Å². The molecule has 4 heteroatoms. The highest BCUT2D eigenvalue weighted by Crippen LogP contribution is 2.52. The van der Waals surface area contributed by atoms with Gasteiger partial charge in [0.2, 0.25) is 11.8 Å². The minimum atomic E-state index is -0.0976. The first-order chi connectivity index (χ1) is 8.24. The Labute approximate surface area is 99.9 Å². The molecule has 1 aliphatic heterocycles. The molecule has 4 unspecified atom stereocenters. The van der Waals surface area contributed by atoms with Gasteiger partial charge < -0.3 is 0 Å². The van der Waals surface area contributed by atoms with Crippen molar-refractivity contribution in [1.29, 1.82) is 5.26 Å². The fourth-order valence-corrected chi connectivity index (χ4v) is 3.50. The van der Waals surface area contributed by atoms with Crippen LogP contribution in [0, 0.1) is 35.0 Å². The summed E-state index contributed by atoms with van der Waals surface area (Å²) >= 11 is 0. The molecule has 2 aliphatic carbocycles. The number of hydrogen-bond donors (Lipinski definition) is 0. The van der Waals surface area contributed by atoms with Gasteiger partial charge in [-0.15, -0.1) is 0 Å². The zero-order valence-corrected chi connectivity index (χ0v) is 9.50. The number of unbranched alkanes of at least 4 members (excludes halogenated alkanes) is 1. The summed E-state index contributed by atoms with van der Waals surface area (Å²) in [5, 5.41) is 8.48. The van der Waals surface area contributed by atoms with Crippen LogP contribution in [0.4, 0.5) is 0 Å². The van der Waals surface area contributed by atoms with E-state index in [9.17, 15) is 9.59 Å². The lowest BCUT2D eigenvalue weighted by molar-refractivity contribution is -0.140. The third-order valence-corrected chi connectivity index (χ3v) is 4.23. The Morgan fingerprint density at radius 2 is 1.82 bits per heavy atom. The molecule has 4 nitrogen and oxygen atoms in total.